The summed E-state index contributed by atoms with van der Waals surface area (Å²) in [4.78, 5) is 37.4. The number of nitro groups is 1. The number of likely N-dealkylation sites (tertiary alicyclic amines) is 1. The average molecular weight is 513 g/mol. The first-order valence-corrected chi connectivity index (χ1v) is 12.6. The van der Waals surface area contributed by atoms with Gasteiger partial charge in [0.25, 0.3) is 11.6 Å². The molecule has 2 aliphatic rings. The molecular formula is C29H28N4O5. The second-order valence-electron chi connectivity index (χ2n) is 9.58. The molecule has 0 radical (unpaired) electrons. The number of benzene rings is 3. The van der Waals surface area contributed by atoms with Crippen LogP contribution in [0.2, 0.25) is 0 Å². The van der Waals surface area contributed by atoms with E-state index in [-0.39, 0.29) is 17.5 Å². The maximum atomic E-state index is 13.0. The number of non-ortho nitro benzene ring substituents is 1. The molecule has 9 nitrogen and oxygen atoms in total. The molecule has 0 atom stereocenters. The molecule has 0 unspecified atom stereocenters. The zero-order chi connectivity index (χ0) is 26.6. The fraction of sp³-hybridized carbons (Fsp3) is 0.241. The quantitative estimate of drug-likeness (QED) is 0.223. The number of nitrogens with zero attached hydrogens (tertiary/aromatic N) is 2. The molecule has 38 heavy (non-hydrogen) atoms. The van der Waals surface area contributed by atoms with E-state index >= 15 is 0 Å². The number of amides is 1. The maximum Gasteiger partial charge on any atom is 0.306 e. The molecule has 1 fully saturated rings. The lowest BCUT2D eigenvalue weighted by Gasteiger charge is -2.29. The van der Waals surface area contributed by atoms with Crippen LogP contribution in [0.1, 0.15) is 29.5 Å². The Morgan fingerprint density at radius 1 is 1.05 bits per heavy atom. The molecule has 2 aliphatic heterocycles. The molecule has 5 rings (SSSR count). The normalized spacial score (nSPS) is 17.0. The molecule has 0 aromatic heterocycles. The van der Waals surface area contributed by atoms with E-state index in [1.165, 1.54) is 12.1 Å². The molecule has 0 aliphatic carbocycles. The lowest BCUT2D eigenvalue weighted by atomic mass is 9.97. The number of rotatable bonds is 8. The average Bonchev–Trinajstić information content (AvgIpc) is 3.26. The Kier molecular flexibility index (Phi) is 7.19. The van der Waals surface area contributed by atoms with Gasteiger partial charge in [-0.25, -0.2) is 0 Å². The maximum absolute atomic E-state index is 13.0. The molecular weight excluding hydrogens is 484 g/mol. The van der Waals surface area contributed by atoms with Gasteiger partial charge < -0.3 is 20.6 Å². The summed E-state index contributed by atoms with van der Waals surface area (Å²) in [5, 5.41) is 26.8. The molecule has 1 amide bonds. The van der Waals surface area contributed by atoms with Gasteiger partial charge in [-0.15, -0.1) is 0 Å². The first-order valence-electron chi connectivity index (χ1n) is 12.6. The van der Waals surface area contributed by atoms with Crippen molar-refractivity contribution >= 4 is 40.2 Å². The fourth-order valence-corrected chi connectivity index (χ4v) is 4.99. The second-order valence-corrected chi connectivity index (χ2v) is 9.58. The highest BCUT2D eigenvalue weighted by atomic mass is 16.6. The molecule has 0 saturated carbocycles. The number of aliphatic carboxylic acids is 1. The number of fused-ring (bicyclic) bond motifs is 1. The Balaban J connectivity index is 1.36. The number of piperidine rings is 1. The Morgan fingerprint density at radius 2 is 1.76 bits per heavy atom. The monoisotopic (exact) mass is 512 g/mol. The SMILES string of the molecule is O=C1Nc2ccc([N+](=O)[O-])cc2/C1=C(/Nc1ccc(CCN2CCC(C(=O)O)CC2)cc1)c1ccccc1. The van der Waals surface area contributed by atoms with Gasteiger partial charge in [0.15, 0.2) is 0 Å². The topological polar surface area (TPSA) is 125 Å². The van der Waals surface area contributed by atoms with E-state index in [0.29, 0.717) is 35.4 Å². The van der Waals surface area contributed by atoms with Crippen LogP contribution in [0.25, 0.3) is 11.3 Å². The van der Waals surface area contributed by atoms with E-state index in [9.17, 15) is 24.8 Å². The van der Waals surface area contributed by atoms with Gasteiger partial charge in [0.1, 0.15) is 0 Å². The van der Waals surface area contributed by atoms with E-state index < -0.39 is 10.9 Å². The number of carboxylic acids is 1. The Bertz CT molecular complexity index is 1390. The fourth-order valence-electron chi connectivity index (χ4n) is 4.99. The van der Waals surface area contributed by atoms with Crippen molar-refractivity contribution in [2.45, 2.75) is 19.3 Å². The van der Waals surface area contributed by atoms with Crippen molar-refractivity contribution in [3.63, 3.8) is 0 Å². The van der Waals surface area contributed by atoms with Crippen LogP contribution >= 0.6 is 0 Å². The second kappa shape index (κ2) is 10.9. The van der Waals surface area contributed by atoms with Crippen LogP contribution < -0.4 is 10.6 Å². The standard InChI is InChI=1S/C29H28N4O5/c34-28-26(24-18-23(33(37)38)10-11-25(24)31-28)27(20-4-2-1-3-5-20)30-22-8-6-19(7-9-22)12-15-32-16-13-21(14-17-32)29(35)36/h1-11,18,21,30H,12-17H2,(H,31,34)(H,35,36)/b27-26-. The van der Waals surface area contributed by atoms with Crippen LogP contribution in [0.15, 0.2) is 72.8 Å². The molecule has 2 heterocycles. The summed E-state index contributed by atoms with van der Waals surface area (Å²) in [7, 11) is 0. The minimum atomic E-state index is -0.700. The van der Waals surface area contributed by atoms with Gasteiger partial charge in [-0.1, -0.05) is 42.5 Å². The summed E-state index contributed by atoms with van der Waals surface area (Å²) in [6.07, 6.45) is 2.23. The number of nitro benzene ring substituents is 1. The molecule has 3 aromatic carbocycles. The van der Waals surface area contributed by atoms with E-state index in [4.69, 9.17) is 0 Å². The van der Waals surface area contributed by atoms with Crippen molar-refractivity contribution in [2.24, 2.45) is 5.92 Å². The molecule has 1 saturated heterocycles. The van der Waals surface area contributed by atoms with Gasteiger partial charge in [0, 0.05) is 35.6 Å². The predicted molar refractivity (Wildman–Crippen MR) is 146 cm³/mol. The highest BCUT2D eigenvalue weighted by molar-refractivity contribution is 6.37. The highest BCUT2D eigenvalue weighted by Gasteiger charge is 2.30. The third kappa shape index (κ3) is 5.42. The molecule has 0 bridgehead atoms. The number of carboxylic acid groups (broad SMARTS) is 1. The number of anilines is 2. The van der Waals surface area contributed by atoms with Crippen LogP contribution in [-0.2, 0) is 16.0 Å². The Labute approximate surface area is 219 Å². The summed E-state index contributed by atoms with van der Waals surface area (Å²) < 4.78 is 0. The Morgan fingerprint density at radius 3 is 2.42 bits per heavy atom. The van der Waals surface area contributed by atoms with Crippen molar-refractivity contribution in [3.05, 3.63) is 99.6 Å². The molecule has 9 heteroatoms. The Hall–Kier alpha value is -4.50. The first kappa shape index (κ1) is 25.2. The summed E-state index contributed by atoms with van der Waals surface area (Å²) in [5.41, 5.74) is 4.58. The third-order valence-corrected chi connectivity index (χ3v) is 7.15. The van der Waals surface area contributed by atoms with E-state index in [2.05, 4.69) is 15.5 Å². The number of hydrogen-bond donors (Lipinski definition) is 3. The number of carbonyl (C=O) groups excluding carboxylic acids is 1. The van der Waals surface area contributed by atoms with Gasteiger partial charge in [0.2, 0.25) is 0 Å². The molecule has 0 spiro atoms. The first-order chi connectivity index (χ1) is 18.4. The van der Waals surface area contributed by atoms with Gasteiger partial charge in [-0.3, -0.25) is 19.7 Å². The van der Waals surface area contributed by atoms with E-state index in [1.54, 1.807) is 6.07 Å². The molecule has 194 valence electrons. The summed E-state index contributed by atoms with van der Waals surface area (Å²) in [6, 6.07) is 21.8. The summed E-state index contributed by atoms with van der Waals surface area (Å²) in [5.74, 6) is -1.26. The largest absolute Gasteiger partial charge is 0.481 e. The van der Waals surface area contributed by atoms with Gasteiger partial charge in [-0.05, 0) is 61.7 Å². The lowest BCUT2D eigenvalue weighted by Crippen LogP contribution is -2.37. The van der Waals surface area contributed by atoms with E-state index in [1.807, 2.05) is 54.6 Å². The predicted octanol–water partition coefficient (Wildman–Crippen LogP) is 4.87. The van der Waals surface area contributed by atoms with Crippen LogP contribution in [0.4, 0.5) is 17.1 Å². The third-order valence-electron chi connectivity index (χ3n) is 7.15. The van der Waals surface area contributed by atoms with Crippen molar-refractivity contribution < 1.29 is 19.6 Å². The van der Waals surface area contributed by atoms with Gasteiger partial charge >= 0.3 is 5.97 Å². The van der Waals surface area contributed by atoms with Crippen molar-refractivity contribution in [3.8, 4) is 0 Å². The smallest absolute Gasteiger partial charge is 0.306 e. The number of hydrogen-bond acceptors (Lipinski definition) is 6. The summed E-state index contributed by atoms with van der Waals surface area (Å²) >= 11 is 0. The zero-order valence-corrected chi connectivity index (χ0v) is 20.7. The van der Waals surface area contributed by atoms with Crippen molar-refractivity contribution in [2.75, 3.05) is 30.3 Å². The number of nitrogens with one attached hydrogen (secondary N) is 2. The highest BCUT2D eigenvalue weighted by Crippen LogP contribution is 2.39. The van der Waals surface area contributed by atoms with Gasteiger partial charge in [-0.2, -0.15) is 0 Å². The minimum Gasteiger partial charge on any atom is -0.481 e. The van der Waals surface area contributed by atoms with Crippen molar-refractivity contribution in [1.82, 2.24) is 4.90 Å². The van der Waals surface area contributed by atoms with Crippen molar-refractivity contribution in [1.29, 1.82) is 0 Å². The molecule has 3 aromatic rings. The summed E-state index contributed by atoms with van der Waals surface area (Å²) in [6.45, 7) is 2.47. The van der Waals surface area contributed by atoms with Gasteiger partial charge in [0.05, 0.1) is 22.1 Å². The van der Waals surface area contributed by atoms with Crippen LogP contribution in [0, 0.1) is 16.0 Å². The molecule has 3 N–H and O–H groups in total. The lowest BCUT2D eigenvalue weighted by molar-refractivity contribution is -0.384. The number of carbonyl (C=O) groups is 2. The zero-order valence-electron chi connectivity index (χ0n) is 20.7. The minimum absolute atomic E-state index is 0.0818. The van der Waals surface area contributed by atoms with Crippen LogP contribution in [0.3, 0.4) is 0 Å². The van der Waals surface area contributed by atoms with E-state index in [0.717, 1.165) is 42.9 Å². The van der Waals surface area contributed by atoms with Crippen LogP contribution in [0.5, 0.6) is 0 Å². The van der Waals surface area contributed by atoms with Crippen LogP contribution in [-0.4, -0.2) is 46.4 Å².